The van der Waals surface area contributed by atoms with Crippen LogP contribution in [-0.2, 0) is 16.1 Å². The van der Waals surface area contributed by atoms with Gasteiger partial charge < -0.3 is 10.1 Å². The first-order chi connectivity index (χ1) is 8.18. The molecule has 17 heavy (non-hydrogen) atoms. The molecule has 2 rings (SSSR count). The first kappa shape index (κ1) is 12.0. The Morgan fingerprint density at radius 1 is 1.53 bits per heavy atom. The molecule has 4 heteroatoms. The molecule has 0 saturated carbocycles. The third kappa shape index (κ3) is 2.82. The molecule has 0 aromatic heterocycles. The van der Waals surface area contributed by atoms with Gasteiger partial charge in [-0.2, -0.15) is 0 Å². The number of halogens is 1. The first-order valence-electron chi connectivity index (χ1n) is 5.79. The third-order valence-electron chi connectivity index (χ3n) is 3.22. The Morgan fingerprint density at radius 2 is 2.24 bits per heavy atom. The van der Waals surface area contributed by atoms with Crippen LogP contribution in [0, 0.1) is 17.7 Å². The van der Waals surface area contributed by atoms with Crippen LogP contribution in [0.15, 0.2) is 24.3 Å². The van der Waals surface area contributed by atoms with Crippen LogP contribution < -0.4 is 5.32 Å². The quantitative estimate of drug-likeness (QED) is 0.810. The van der Waals surface area contributed by atoms with Gasteiger partial charge in [-0.25, -0.2) is 4.39 Å². The maximum Gasteiger partial charge on any atom is 0.309 e. The van der Waals surface area contributed by atoms with Crippen LogP contribution >= 0.6 is 0 Å². The fraction of sp³-hybridized carbons (Fsp3) is 0.462. The molecular weight excluding hydrogens is 221 g/mol. The fourth-order valence-electron chi connectivity index (χ4n) is 1.75. The van der Waals surface area contributed by atoms with Gasteiger partial charge in [0.25, 0.3) is 0 Å². The van der Waals surface area contributed by atoms with Gasteiger partial charge in [0, 0.05) is 5.56 Å². The van der Waals surface area contributed by atoms with Crippen molar-refractivity contribution in [3.63, 3.8) is 0 Å². The van der Waals surface area contributed by atoms with Crippen molar-refractivity contribution in [2.45, 2.75) is 13.5 Å². The lowest BCUT2D eigenvalue weighted by Gasteiger charge is -2.31. The van der Waals surface area contributed by atoms with Gasteiger partial charge >= 0.3 is 5.97 Å². The number of esters is 1. The van der Waals surface area contributed by atoms with Crippen molar-refractivity contribution in [2.24, 2.45) is 11.8 Å². The summed E-state index contributed by atoms with van der Waals surface area (Å²) >= 11 is 0. The van der Waals surface area contributed by atoms with E-state index in [0.29, 0.717) is 11.5 Å². The van der Waals surface area contributed by atoms with E-state index in [0.717, 1.165) is 13.1 Å². The number of ether oxygens (including phenoxy) is 1. The minimum atomic E-state index is -0.335. The molecule has 1 aromatic carbocycles. The van der Waals surface area contributed by atoms with Crippen molar-refractivity contribution in [1.29, 1.82) is 0 Å². The second kappa shape index (κ2) is 5.27. The summed E-state index contributed by atoms with van der Waals surface area (Å²) in [6, 6.07) is 6.33. The number of rotatable bonds is 4. The smallest absolute Gasteiger partial charge is 0.309 e. The average molecular weight is 237 g/mol. The van der Waals surface area contributed by atoms with Crippen LogP contribution in [-0.4, -0.2) is 19.1 Å². The highest BCUT2D eigenvalue weighted by molar-refractivity contribution is 5.72. The summed E-state index contributed by atoms with van der Waals surface area (Å²) in [6.07, 6.45) is 0. The standard InChI is InChI=1S/C13H16FNO2/c1-9(11-6-15-7-11)13(16)17-8-10-4-2-3-5-12(10)14/h2-5,9,11,15H,6-8H2,1H3. The monoisotopic (exact) mass is 237 g/mol. The highest BCUT2D eigenvalue weighted by atomic mass is 19.1. The first-order valence-corrected chi connectivity index (χ1v) is 5.79. The molecule has 1 heterocycles. The highest BCUT2D eigenvalue weighted by Crippen LogP contribution is 2.18. The van der Waals surface area contributed by atoms with E-state index in [4.69, 9.17) is 4.74 Å². The highest BCUT2D eigenvalue weighted by Gasteiger charge is 2.29. The maximum absolute atomic E-state index is 13.3. The normalized spacial score (nSPS) is 17.3. The molecule has 1 atom stereocenters. The van der Waals surface area contributed by atoms with E-state index in [1.54, 1.807) is 18.2 Å². The van der Waals surface area contributed by atoms with Crippen molar-refractivity contribution in [3.8, 4) is 0 Å². The summed E-state index contributed by atoms with van der Waals surface area (Å²) in [5.74, 6) is -0.357. The Morgan fingerprint density at radius 3 is 2.82 bits per heavy atom. The summed E-state index contributed by atoms with van der Waals surface area (Å²) < 4.78 is 18.4. The minimum absolute atomic E-state index is 0.00992. The zero-order valence-electron chi connectivity index (χ0n) is 9.78. The van der Waals surface area contributed by atoms with Gasteiger partial charge in [-0.15, -0.1) is 0 Å². The summed E-state index contributed by atoms with van der Waals surface area (Å²) in [7, 11) is 0. The van der Waals surface area contributed by atoms with Crippen LogP contribution in [0.1, 0.15) is 12.5 Å². The van der Waals surface area contributed by atoms with E-state index in [1.165, 1.54) is 6.07 Å². The predicted molar refractivity (Wildman–Crippen MR) is 61.7 cm³/mol. The Labute approximate surface area is 100.0 Å². The van der Waals surface area contributed by atoms with Crippen LogP contribution in [0.25, 0.3) is 0 Å². The van der Waals surface area contributed by atoms with Gasteiger partial charge in [0.2, 0.25) is 0 Å². The molecule has 0 aliphatic carbocycles. The summed E-state index contributed by atoms with van der Waals surface area (Å²) in [6.45, 7) is 3.58. The second-order valence-corrected chi connectivity index (χ2v) is 4.41. The Bertz CT molecular complexity index is 404. The summed E-state index contributed by atoms with van der Waals surface area (Å²) in [4.78, 5) is 11.7. The lowest BCUT2D eigenvalue weighted by molar-refractivity contribution is -0.152. The molecule has 92 valence electrons. The van der Waals surface area contributed by atoms with E-state index < -0.39 is 0 Å². The van der Waals surface area contributed by atoms with Gasteiger partial charge in [0.15, 0.2) is 0 Å². The zero-order valence-corrected chi connectivity index (χ0v) is 9.78. The molecule has 1 aromatic rings. The second-order valence-electron chi connectivity index (χ2n) is 4.41. The van der Waals surface area contributed by atoms with E-state index in [1.807, 2.05) is 6.92 Å². The zero-order chi connectivity index (χ0) is 12.3. The number of benzene rings is 1. The van der Waals surface area contributed by atoms with Crippen molar-refractivity contribution in [2.75, 3.05) is 13.1 Å². The molecular formula is C13H16FNO2. The molecule has 1 aliphatic rings. The van der Waals surface area contributed by atoms with E-state index in [2.05, 4.69) is 5.32 Å². The molecule has 1 N–H and O–H groups in total. The van der Waals surface area contributed by atoms with Crippen molar-refractivity contribution < 1.29 is 13.9 Å². The topological polar surface area (TPSA) is 38.3 Å². The predicted octanol–water partition coefficient (Wildman–Crippen LogP) is 1.72. The van der Waals surface area contributed by atoms with Crippen molar-refractivity contribution in [3.05, 3.63) is 35.6 Å². The summed E-state index contributed by atoms with van der Waals surface area (Å²) in [5.41, 5.74) is 0.416. The van der Waals surface area contributed by atoms with E-state index in [9.17, 15) is 9.18 Å². The molecule has 0 amide bonds. The Hall–Kier alpha value is -1.42. The number of carbonyl (C=O) groups is 1. The van der Waals surface area contributed by atoms with Crippen LogP contribution in [0.5, 0.6) is 0 Å². The molecule has 0 radical (unpaired) electrons. The maximum atomic E-state index is 13.3. The average Bonchev–Trinajstić information content (AvgIpc) is 2.25. The molecule has 1 fully saturated rings. The number of hydrogen-bond donors (Lipinski definition) is 1. The molecule has 3 nitrogen and oxygen atoms in total. The molecule has 0 bridgehead atoms. The van der Waals surface area contributed by atoms with Gasteiger partial charge in [0.1, 0.15) is 12.4 Å². The van der Waals surface area contributed by atoms with Crippen LogP contribution in [0.2, 0.25) is 0 Å². The molecule has 1 saturated heterocycles. The SMILES string of the molecule is CC(C(=O)OCc1ccccc1F)C1CNC1. The fourth-order valence-corrected chi connectivity index (χ4v) is 1.75. The minimum Gasteiger partial charge on any atom is -0.460 e. The molecule has 1 aliphatic heterocycles. The Kier molecular flexibility index (Phi) is 3.74. The van der Waals surface area contributed by atoms with Gasteiger partial charge in [-0.3, -0.25) is 4.79 Å². The van der Waals surface area contributed by atoms with Crippen molar-refractivity contribution in [1.82, 2.24) is 5.32 Å². The van der Waals surface area contributed by atoms with Crippen molar-refractivity contribution >= 4 is 5.97 Å². The lowest BCUT2D eigenvalue weighted by Crippen LogP contribution is -2.47. The molecule has 1 unspecified atom stereocenters. The summed E-state index contributed by atoms with van der Waals surface area (Å²) in [5, 5.41) is 3.11. The van der Waals surface area contributed by atoms with E-state index >= 15 is 0 Å². The number of hydrogen-bond acceptors (Lipinski definition) is 3. The van der Waals surface area contributed by atoms with Crippen LogP contribution in [0.4, 0.5) is 4.39 Å². The van der Waals surface area contributed by atoms with Gasteiger partial charge in [0.05, 0.1) is 5.92 Å². The molecule has 0 spiro atoms. The van der Waals surface area contributed by atoms with Gasteiger partial charge in [-0.1, -0.05) is 25.1 Å². The third-order valence-corrected chi connectivity index (χ3v) is 3.22. The van der Waals surface area contributed by atoms with Gasteiger partial charge in [-0.05, 0) is 25.1 Å². The van der Waals surface area contributed by atoms with Crippen LogP contribution in [0.3, 0.4) is 0 Å². The number of nitrogens with one attached hydrogen (secondary N) is 1. The van der Waals surface area contributed by atoms with E-state index in [-0.39, 0.29) is 24.3 Å². The Balaban J connectivity index is 1.85. The number of carbonyl (C=O) groups excluding carboxylic acids is 1. The lowest BCUT2D eigenvalue weighted by atomic mass is 9.89. The largest absolute Gasteiger partial charge is 0.460 e.